The van der Waals surface area contributed by atoms with Crippen LogP contribution in [0.2, 0.25) is 0 Å². The monoisotopic (exact) mass is 376 g/mol. The van der Waals surface area contributed by atoms with E-state index in [0.29, 0.717) is 5.92 Å². The van der Waals surface area contributed by atoms with E-state index in [1.165, 1.54) is 24.2 Å². The second kappa shape index (κ2) is 6.57. The fourth-order valence-electron chi connectivity index (χ4n) is 6.63. The minimum Gasteiger partial charge on any atom is -0.462 e. The third kappa shape index (κ3) is 3.06. The van der Waals surface area contributed by atoms with E-state index in [1.54, 1.807) is 11.1 Å². The van der Waals surface area contributed by atoms with E-state index in [-0.39, 0.29) is 29.2 Å². The van der Waals surface area contributed by atoms with Crippen molar-refractivity contribution in [1.82, 2.24) is 0 Å². The molecule has 3 aliphatic heterocycles. The lowest BCUT2D eigenvalue weighted by atomic mass is 9.59. The summed E-state index contributed by atoms with van der Waals surface area (Å²) in [6, 6.07) is 0. The van der Waals surface area contributed by atoms with Gasteiger partial charge < -0.3 is 19.1 Å². The van der Waals surface area contributed by atoms with Crippen LogP contribution in [0.1, 0.15) is 58.8 Å². The maximum absolute atomic E-state index is 12.8. The SMILES string of the molecule is CC1=C2C[C@@H]3[C@H](C[NH+]4CCC5(CC4)OCCO5)C(=O)O[C@@H]3C[C@@]2(C)CCC1. The summed E-state index contributed by atoms with van der Waals surface area (Å²) in [6.07, 6.45) is 7.91. The van der Waals surface area contributed by atoms with Gasteiger partial charge in [0.05, 0.1) is 45.7 Å². The number of piperidine rings is 1. The molecule has 0 amide bonds. The predicted molar refractivity (Wildman–Crippen MR) is 100 cm³/mol. The number of rotatable bonds is 2. The number of ether oxygens (including phenoxy) is 3. The standard InChI is InChI=1S/C22H33NO4/c1-15-4-3-5-21(2)13-19-16(12-18(15)21)17(20(24)27-19)14-23-8-6-22(7-9-23)25-10-11-26-22/h16-17,19H,3-14H2,1-2H3/p+1/t16-,17+,19-,21-/m1/s1. The molecule has 3 heterocycles. The average Bonchev–Trinajstić information content (AvgIpc) is 3.20. The number of esters is 1. The molecule has 0 unspecified atom stereocenters. The zero-order valence-electron chi connectivity index (χ0n) is 16.9. The van der Waals surface area contributed by atoms with E-state index in [9.17, 15) is 4.79 Å². The second-order valence-electron chi connectivity index (χ2n) is 9.89. The summed E-state index contributed by atoms with van der Waals surface area (Å²) in [4.78, 5) is 14.3. The van der Waals surface area contributed by atoms with Crippen molar-refractivity contribution >= 4 is 5.97 Å². The first-order valence-electron chi connectivity index (χ1n) is 11.0. The fraction of sp³-hybridized carbons (Fsp3) is 0.864. The summed E-state index contributed by atoms with van der Waals surface area (Å²) in [5.41, 5.74) is 3.50. The van der Waals surface area contributed by atoms with Crippen molar-refractivity contribution in [2.75, 3.05) is 32.8 Å². The van der Waals surface area contributed by atoms with E-state index < -0.39 is 0 Å². The Hall–Kier alpha value is -0.910. The van der Waals surface area contributed by atoms with Crippen molar-refractivity contribution in [3.05, 3.63) is 11.1 Å². The van der Waals surface area contributed by atoms with Gasteiger partial charge >= 0.3 is 5.97 Å². The molecular formula is C22H34NO4+. The van der Waals surface area contributed by atoms with Gasteiger partial charge in [-0.3, -0.25) is 4.79 Å². The smallest absolute Gasteiger partial charge is 0.315 e. The Morgan fingerprint density at radius 3 is 2.63 bits per heavy atom. The molecule has 1 spiro atoms. The van der Waals surface area contributed by atoms with Gasteiger partial charge in [0.25, 0.3) is 0 Å². The minimum atomic E-state index is -0.321. The molecule has 1 saturated carbocycles. The lowest BCUT2D eigenvalue weighted by Gasteiger charge is -2.46. The van der Waals surface area contributed by atoms with E-state index in [0.717, 1.165) is 58.5 Å². The quantitative estimate of drug-likeness (QED) is 0.590. The maximum atomic E-state index is 12.8. The first-order valence-corrected chi connectivity index (χ1v) is 11.0. The number of quaternary nitrogens is 1. The van der Waals surface area contributed by atoms with Crippen LogP contribution in [-0.4, -0.2) is 50.7 Å². The van der Waals surface area contributed by atoms with Crippen LogP contribution in [0.5, 0.6) is 0 Å². The van der Waals surface area contributed by atoms with Crippen LogP contribution in [0.4, 0.5) is 0 Å². The molecule has 3 saturated heterocycles. The van der Waals surface area contributed by atoms with Crippen molar-refractivity contribution in [3.63, 3.8) is 0 Å². The maximum Gasteiger partial charge on any atom is 0.315 e. The normalized spacial score (nSPS) is 41.6. The van der Waals surface area contributed by atoms with Gasteiger partial charge in [0, 0.05) is 5.92 Å². The van der Waals surface area contributed by atoms with Crippen LogP contribution in [-0.2, 0) is 19.0 Å². The summed E-state index contributed by atoms with van der Waals surface area (Å²) in [5, 5.41) is 0. The number of hydrogen-bond acceptors (Lipinski definition) is 4. The number of fused-ring (bicyclic) bond motifs is 2. The van der Waals surface area contributed by atoms with Crippen molar-refractivity contribution < 1.29 is 23.9 Å². The van der Waals surface area contributed by atoms with Crippen molar-refractivity contribution in [1.29, 1.82) is 0 Å². The molecule has 150 valence electrons. The van der Waals surface area contributed by atoms with Crippen LogP contribution in [0.25, 0.3) is 0 Å². The van der Waals surface area contributed by atoms with Gasteiger partial charge in [-0.2, -0.15) is 0 Å². The summed E-state index contributed by atoms with van der Waals surface area (Å²) >= 11 is 0. The molecule has 1 N–H and O–H groups in total. The van der Waals surface area contributed by atoms with Crippen molar-refractivity contribution in [2.45, 2.75) is 70.7 Å². The van der Waals surface area contributed by atoms with Gasteiger partial charge in [0.15, 0.2) is 5.79 Å². The van der Waals surface area contributed by atoms with Gasteiger partial charge in [-0.05, 0) is 44.4 Å². The molecular weight excluding hydrogens is 342 g/mol. The van der Waals surface area contributed by atoms with Gasteiger partial charge in [0.2, 0.25) is 0 Å². The first kappa shape index (κ1) is 18.1. The molecule has 5 rings (SSSR count). The van der Waals surface area contributed by atoms with Gasteiger partial charge in [0.1, 0.15) is 12.0 Å². The molecule has 27 heavy (non-hydrogen) atoms. The Labute approximate surface area is 162 Å². The third-order valence-electron chi connectivity index (χ3n) is 8.22. The van der Waals surface area contributed by atoms with Crippen LogP contribution < -0.4 is 4.90 Å². The van der Waals surface area contributed by atoms with Crippen LogP contribution in [0.15, 0.2) is 11.1 Å². The van der Waals surface area contributed by atoms with Crippen LogP contribution >= 0.6 is 0 Å². The first-order chi connectivity index (χ1) is 13.0. The predicted octanol–water partition coefficient (Wildman–Crippen LogP) is 1.87. The number of hydrogen-bond donors (Lipinski definition) is 1. The van der Waals surface area contributed by atoms with Crippen LogP contribution in [0.3, 0.4) is 0 Å². The molecule has 5 aliphatic rings. The van der Waals surface area contributed by atoms with Gasteiger partial charge in [-0.1, -0.05) is 18.1 Å². The number of carbonyl (C=O) groups is 1. The molecule has 4 fully saturated rings. The van der Waals surface area contributed by atoms with Gasteiger partial charge in [-0.15, -0.1) is 0 Å². The van der Waals surface area contributed by atoms with Crippen molar-refractivity contribution in [2.24, 2.45) is 17.3 Å². The number of allylic oxidation sites excluding steroid dienone is 2. The summed E-state index contributed by atoms with van der Waals surface area (Å²) in [5.74, 6) is 0.192. The molecule has 5 heteroatoms. The van der Waals surface area contributed by atoms with Crippen LogP contribution in [0, 0.1) is 17.3 Å². The van der Waals surface area contributed by atoms with E-state index in [1.807, 2.05) is 0 Å². The lowest BCUT2D eigenvalue weighted by molar-refractivity contribution is -0.911. The molecule has 0 radical (unpaired) electrons. The molecule has 0 bridgehead atoms. The Morgan fingerprint density at radius 2 is 1.89 bits per heavy atom. The molecule has 0 aromatic heterocycles. The van der Waals surface area contributed by atoms with Gasteiger partial charge in [-0.25, -0.2) is 0 Å². The average molecular weight is 377 g/mol. The third-order valence-corrected chi connectivity index (χ3v) is 8.22. The number of carbonyl (C=O) groups excluding carboxylic acids is 1. The summed E-state index contributed by atoms with van der Waals surface area (Å²) in [7, 11) is 0. The largest absolute Gasteiger partial charge is 0.462 e. The molecule has 4 atom stereocenters. The molecule has 5 nitrogen and oxygen atoms in total. The molecule has 0 aromatic carbocycles. The fourth-order valence-corrected chi connectivity index (χ4v) is 6.63. The second-order valence-corrected chi connectivity index (χ2v) is 9.89. The Morgan fingerprint density at radius 1 is 1.15 bits per heavy atom. The highest BCUT2D eigenvalue weighted by molar-refractivity contribution is 5.75. The zero-order valence-corrected chi connectivity index (χ0v) is 16.9. The molecule has 2 aliphatic carbocycles. The topological polar surface area (TPSA) is 49.2 Å². The lowest BCUT2D eigenvalue weighted by Crippen LogP contribution is -3.14. The Bertz CT molecular complexity index is 643. The Balaban J connectivity index is 1.28. The summed E-state index contributed by atoms with van der Waals surface area (Å²) < 4.78 is 17.6. The minimum absolute atomic E-state index is 0.0617. The highest BCUT2D eigenvalue weighted by Gasteiger charge is 2.54. The van der Waals surface area contributed by atoms with E-state index in [4.69, 9.17) is 14.2 Å². The molecule has 0 aromatic rings. The highest BCUT2D eigenvalue weighted by atomic mass is 16.7. The highest BCUT2D eigenvalue weighted by Crippen LogP contribution is 2.54. The van der Waals surface area contributed by atoms with E-state index >= 15 is 0 Å². The van der Waals surface area contributed by atoms with E-state index in [2.05, 4.69) is 13.8 Å². The van der Waals surface area contributed by atoms with Crippen molar-refractivity contribution in [3.8, 4) is 0 Å². The number of likely N-dealkylation sites (tertiary alicyclic amines) is 1. The number of nitrogens with one attached hydrogen (secondary N) is 1. The summed E-state index contributed by atoms with van der Waals surface area (Å²) in [6.45, 7) is 9.14. The Kier molecular flexibility index (Phi) is 4.41. The zero-order chi connectivity index (χ0) is 18.6.